The number of piperidine rings is 1. The summed E-state index contributed by atoms with van der Waals surface area (Å²) in [6, 6.07) is 5.58. The van der Waals surface area contributed by atoms with Crippen molar-refractivity contribution in [2.75, 3.05) is 26.0 Å². The minimum atomic E-state index is 0.00791. The summed E-state index contributed by atoms with van der Waals surface area (Å²) in [7, 11) is 0. The van der Waals surface area contributed by atoms with Gasteiger partial charge in [0.15, 0.2) is 0 Å². The topological polar surface area (TPSA) is 40.5 Å². The summed E-state index contributed by atoms with van der Waals surface area (Å²) in [5.41, 5.74) is 0.586. The molecule has 0 aromatic heterocycles. The summed E-state index contributed by atoms with van der Waals surface area (Å²) in [5.74, 6) is 0.411. The van der Waals surface area contributed by atoms with Gasteiger partial charge in [0.05, 0.1) is 10.6 Å². The summed E-state index contributed by atoms with van der Waals surface area (Å²) in [6.45, 7) is 1.69. The number of aliphatic hydroxyl groups excluding tert-OH is 1. The normalized spacial score (nSPS) is 19.1. The van der Waals surface area contributed by atoms with Crippen LogP contribution < -0.4 is 0 Å². The Hall–Kier alpha value is -0.710. The first-order valence-corrected chi connectivity index (χ1v) is 8.49. The standard InChI is InChI=1S/C15H20ClNO2S/c1-20-12-4-5-14(16)13(9-12)15(19)17-7-2-3-11(10-17)6-8-18/h4-5,9,11,18H,2-3,6-8,10H2,1H3. The van der Waals surface area contributed by atoms with E-state index in [0.29, 0.717) is 16.5 Å². The maximum absolute atomic E-state index is 12.6. The SMILES string of the molecule is CSc1ccc(Cl)c(C(=O)N2CCCC(CCO)C2)c1. The number of benzene rings is 1. The second kappa shape index (κ2) is 7.34. The molecule has 0 bridgehead atoms. The molecule has 1 saturated heterocycles. The van der Waals surface area contributed by atoms with Gasteiger partial charge in [0.2, 0.25) is 0 Å². The number of aliphatic hydroxyl groups is 1. The fraction of sp³-hybridized carbons (Fsp3) is 0.533. The third kappa shape index (κ3) is 3.68. The molecular formula is C15H20ClNO2S. The number of amides is 1. The highest BCUT2D eigenvalue weighted by atomic mass is 35.5. The highest BCUT2D eigenvalue weighted by Crippen LogP contribution is 2.26. The molecule has 3 nitrogen and oxygen atoms in total. The summed E-state index contributed by atoms with van der Waals surface area (Å²) >= 11 is 7.77. The number of carbonyl (C=O) groups excluding carboxylic acids is 1. The van der Waals surface area contributed by atoms with Gasteiger partial charge in [-0.15, -0.1) is 11.8 Å². The van der Waals surface area contributed by atoms with E-state index in [0.717, 1.165) is 37.2 Å². The van der Waals surface area contributed by atoms with E-state index in [-0.39, 0.29) is 12.5 Å². The van der Waals surface area contributed by atoms with Crippen LogP contribution in [0.4, 0.5) is 0 Å². The van der Waals surface area contributed by atoms with Gasteiger partial charge < -0.3 is 10.0 Å². The number of likely N-dealkylation sites (tertiary alicyclic amines) is 1. The lowest BCUT2D eigenvalue weighted by Gasteiger charge is -2.32. The smallest absolute Gasteiger partial charge is 0.255 e. The van der Waals surface area contributed by atoms with Gasteiger partial charge in [0.1, 0.15) is 0 Å². The number of carbonyl (C=O) groups is 1. The van der Waals surface area contributed by atoms with E-state index in [4.69, 9.17) is 16.7 Å². The number of thioether (sulfide) groups is 1. The molecular weight excluding hydrogens is 294 g/mol. The predicted molar refractivity (Wildman–Crippen MR) is 83.6 cm³/mol. The lowest BCUT2D eigenvalue weighted by atomic mass is 9.94. The molecule has 1 unspecified atom stereocenters. The molecule has 5 heteroatoms. The molecule has 110 valence electrons. The molecule has 1 atom stereocenters. The summed E-state index contributed by atoms with van der Waals surface area (Å²) in [6.07, 6.45) is 4.83. The van der Waals surface area contributed by atoms with Crippen molar-refractivity contribution in [2.45, 2.75) is 24.2 Å². The maximum Gasteiger partial charge on any atom is 0.255 e. The molecule has 1 aliphatic heterocycles. The first-order valence-electron chi connectivity index (χ1n) is 6.89. The molecule has 1 aromatic rings. The average molecular weight is 314 g/mol. The highest BCUT2D eigenvalue weighted by molar-refractivity contribution is 7.98. The Morgan fingerprint density at radius 2 is 2.35 bits per heavy atom. The lowest BCUT2D eigenvalue weighted by molar-refractivity contribution is 0.0653. The van der Waals surface area contributed by atoms with Gasteiger partial charge in [-0.1, -0.05) is 11.6 Å². The van der Waals surface area contributed by atoms with Crippen LogP contribution in [0.15, 0.2) is 23.1 Å². The molecule has 1 aliphatic rings. The van der Waals surface area contributed by atoms with E-state index in [1.165, 1.54) is 0 Å². The van der Waals surface area contributed by atoms with E-state index in [9.17, 15) is 4.79 Å². The van der Waals surface area contributed by atoms with Crippen LogP contribution in [0.1, 0.15) is 29.6 Å². The third-order valence-corrected chi connectivity index (χ3v) is 4.80. The van der Waals surface area contributed by atoms with Gasteiger partial charge in [0.25, 0.3) is 5.91 Å². The van der Waals surface area contributed by atoms with Gasteiger partial charge >= 0.3 is 0 Å². The molecule has 0 saturated carbocycles. The van der Waals surface area contributed by atoms with Crippen molar-refractivity contribution in [2.24, 2.45) is 5.92 Å². The van der Waals surface area contributed by atoms with Gasteiger partial charge in [0, 0.05) is 24.6 Å². The van der Waals surface area contributed by atoms with Gasteiger partial charge in [-0.2, -0.15) is 0 Å². The fourth-order valence-electron chi connectivity index (χ4n) is 2.63. The molecule has 20 heavy (non-hydrogen) atoms. The zero-order valence-electron chi connectivity index (χ0n) is 11.6. The largest absolute Gasteiger partial charge is 0.396 e. The zero-order chi connectivity index (χ0) is 14.5. The van der Waals surface area contributed by atoms with Gasteiger partial charge in [-0.25, -0.2) is 0 Å². The van der Waals surface area contributed by atoms with Crippen LogP contribution >= 0.6 is 23.4 Å². The molecule has 1 aromatic carbocycles. The van der Waals surface area contributed by atoms with Gasteiger partial charge in [-0.05, 0) is 49.6 Å². The van der Waals surface area contributed by atoms with Crippen molar-refractivity contribution in [3.05, 3.63) is 28.8 Å². The minimum absolute atomic E-state index is 0.00791. The first kappa shape index (κ1) is 15.7. The Balaban J connectivity index is 2.14. The zero-order valence-corrected chi connectivity index (χ0v) is 13.2. The van der Waals surface area contributed by atoms with E-state index in [1.807, 2.05) is 23.3 Å². The molecule has 1 amide bonds. The van der Waals surface area contributed by atoms with Crippen molar-refractivity contribution >= 4 is 29.3 Å². The first-order chi connectivity index (χ1) is 9.65. The lowest BCUT2D eigenvalue weighted by Crippen LogP contribution is -2.40. The monoisotopic (exact) mass is 313 g/mol. The van der Waals surface area contributed by atoms with Crippen LogP contribution in [-0.2, 0) is 0 Å². The summed E-state index contributed by atoms with van der Waals surface area (Å²) in [5, 5.41) is 9.56. The van der Waals surface area contributed by atoms with Gasteiger partial charge in [-0.3, -0.25) is 4.79 Å². The van der Waals surface area contributed by atoms with Crippen LogP contribution in [-0.4, -0.2) is 41.9 Å². The molecule has 1 fully saturated rings. The minimum Gasteiger partial charge on any atom is -0.396 e. The average Bonchev–Trinajstić information content (AvgIpc) is 2.48. The number of hydrogen-bond acceptors (Lipinski definition) is 3. The summed E-state index contributed by atoms with van der Waals surface area (Å²) in [4.78, 5) is 15.5. The van der Waals surface area contributed by atoms with Crippen molar-refractivity contribution < 1.29 is 9.90 Å². The molecule has 1 heterocycles. The van der Waals surface area contributed by atoms with Crippen LogP contribution in [0, 0.1) is 5.92 Å². The van der Waals surface area contributed by atoms with Crippen LogP contribution in [0.3, 0.4) is 0 Å². The van der Waals surface area contributed by atoms with E-state index in [2.05, 4.69) is 0 Å². The number of rotatable bonds is 4. The molecule has 2 rings (SSSR count). The van der Waals surface area contributed by atoms with Crippen molar-refractivity contribution in [1.29, 1.82) is 0 Å². The highest BCUT2D eigenvalue weighted by Gasteiger charge is 2.25. The molecule has 1 N–H and O–H groups in total. The second-order valence-corrected chi connectivity index (χ2v) is 6.40. The van der Waals surface area contributed by atoms with E-state index in [1.54, 1.807) is 17.8 Å². The van der Waals surface area contributed by atoms with Crippen LogP contribution in [0.2, 0.25) is 5.02 Å². The molecule has 0 spiro atoms. The Morgan fingerprint density at radius 1 is 1.55 bits per heavy atom. The Labute approximate surface area is 129 Å². The van der Waals surface area contributed by atoms with E-state index < -0.39 is 0 Å². The quantitative estimate of drug-likeness (QED) is 0.867. The fourth-order valence-corrected chi connectivity index (χ4v) is 3.27. The third-order valence-electron chi connectivity index (χ3n) is 3.75. The van der Waals surface area contributed by atoms with E-state index >= 15 is 0 Å². The van der Waals surface area contributed by atoms with Crippen molar-refractivity contribution in [1.82, 2.24) is 4.90 Å². The molecule has 0 aliphatic carbocycles. The van der Waals surface area contributed by atoms with Crippen LogP contribution in [0.25, 0.3) is 0 Å². The predicted octanol–water partition coefficient (Wildman–Crippen LogP) is 3.30. The van der Waals surface area contributed by atoms with Crippen LogP contribution in [0.5, 0.6) is 0 Å². The Morgan fingerprint density at radius 3 is 3.05 bits per heavy atom. The number of hydrogen-bond donors (Lipinski definition) is 1. The number of halogens is 1. The van der Waals surface area contributed by atoms with Crippen molar-refractivity contribution in [3.8, 4) is 0 Å². The maximum atomic E-state index is 12.6. The number of nitrogens with zero attached hydrogens (tertiary/aromatic N) is 1. The molecule has 0 radical (unpaired) electrons. The van der Waals surface area contributed by atoms with Crippen molar-refractivity contribution in [3.63, 3.8) is 0 Å². The second-order valence-electron chi connectivity index (χ2n) is 5.12. The summed E-state index contributed by atoms with van der Waals surface area (Å²) < 4.78 is 0. The Bertz CT molecular complexity index is 479. The Kier molecular flexibility index (Phi) is 5.75.